The van der Waals surface area contributed by atoms with Crippen molar-refractivity contribution in [3.05, 3.63) is 33.8 Å². The average Bonchev–Trinajstić information content (AvgIpc) is 1.85. The van der Waals surface area contributed by atoms with E-state index in [1.807, 2.05) is 19.1 Å². The topological polar surface area (TPSA) is 0 Å². The summed E-state index contributed by atoms with van der Waals surface area (Å²) in [4.78, 5) is 0. The lowest BCUT2D eigenvalue weighted by molar-refractivity contribution is 1.08. The van der Waals surface area contributed by atoms with Gasteiger partial charge in [-0.15, -0.1) is 0 Å². The summed E-state index contributed by atoms with van der Waals surface area (Å²) in [6, 6.07) is 5.50. The summed E-state index contributed by atoms with van der Waals surface area (Å²) in [6.07, 6.45) is 0. The molecule has 0 amide bonds. The van der Waals surface area contributed by atoms with Gasteiger partial charge in [-0.1, -0.05) is 36.2 Å². The summed E-state index contributed by atoms with van der Waals surface area (Å²) < 4.78 is 0. The molecule has 57 valence electrons. The molecule has 3 heteroatoms. The second kappa shape index (κ2) is 3.61. The highest BCUT2D eigenvalue weighted by molar-refractivity contribution is 6.35. The van der Waals surface area contributed by atoms with Gasteiger partial charge in [0.25, 0.3) is 0 Å². The number of halogens is 2. The molecule has 0 fully saturated rings. The Morgan fingerprint density at radius 2 is 2.00 bits per heavy atom. The summed E-state index contributed by atoms with van der Waals surface area (Å²) in [7, 11) is 3.48. The van der Waals surface area contributed by atoms with Gasteiger partial charge in [0, 0.05) is 20.3 Å². The van der Waals surface area contributed by atoms with Crippen LogP contribution in [0.15, 0.2) is 18.2 Å². The van der Waals surface area contributed by atoms with Gasteiger partial charge in [0.05, 0.1) is 0 Å². The molecular weight excluding hydrogens is 195 g/mol. The maximum atomic E-state index is 5.91. The van der Waals surface area contributed by atoms with Gasteiger partial charge in [0.2, 0.25) is 0 Å². The zero-order chi connectivity index (χ0) is 8.43. The van der Waals surface area contributed by atoms with Crippen molar-refractivity contribution in [1.82, 2.24) is 0 Å². The van der Waals surface area contributed by atoms with Gasteiger partial charge in [0.1, 0.15) is 0 Å². The summed E-state index contributed by atoms with van der Waals surface area (Å²) in [6.45, 7) is 2.02. The lowest BCUT2D eigenvalue weighted by Gasteiger charge is -2.06. The largest absolute Gasteiger partial charge is 0.0843 e. The van der Waals surface area contributed by atoms with Crippen LogP contribution in [0.2, 0.25) is 10.0 Å². The molecule has 0 bridgehead atoms. The minimum absolute atomic E-state index is 0.264. The van der Waals surface area contributed by atoms with E-state index in [9.17, 15) is 0 Å². The molecule has 1 aromatic carbocycles. The maximum Gasteiger partial charge on any atom is 0.0452 e. The number of hydrogen-bond donors (Lipinski definition) is 0. The van der Waals surface area contributed by atoms with Crippen LogP contribution in [0.3, 0.4) is 0 Å². The SMILES string of the molecule is CC([Si])c1ccc(Cl)cc1Cl. The van der Waals surface area contributed by atoms with Crippen LogP contribution in [0.1, 0.15) is 18.0 Å². The third-order valence-electron chi connectivity index (χ3n) is 1.43. The smallest absolute Gasteiger partial charge is 0.0452 e. The number of hydrogen-bond acceptors (Lipinski definition) is 0. The molecule has 0 N–H and O–H groups in total. The van der Waals surface area contributed by atoms with Crippen molar-refractivity contribution in [2.75, 3.05) is 0 Å². The van der Waals surface area contributed by atoms with E-state index < -0.39 is 0 Å². The van der Waals surface area contributed by atoms with Gasteiger partial charge in [0.15, 0.2) is 0 Å². The quantitative estimate of drug-likeness (QED) is 0.613. The maximum absolute atomic E-state index is 5.91. The molecule has 0 aliphatic carbocycles. The first-order valence-electron chi connectivity index (χ1n) is 3.27. The zero-order valence-corrected chi connectivity index (χ0v) is 8.58. The molecule has 3 radical (unpaired) electrons. The van der Waals surface area contributed by atoms with Crippen molar-refractivity contribution in [3.8, 4) is 0 Å². The minimum Gasteiger partial charge on any atom is -0.0843 e. The lowest BCUT2D eigenvalue weighted by atomic mass is 10.2. The highest BCUT2D eigenvalue weighted by Gasteiger charge is 2.04. The van der Waals surface area contributed by atoms with Gasteiger partial charge in [-0.3, -0.25) is 0 Å². The van der Waals surface area contributed by atoms with Crippen molar-refractivity contribution in [3.63, 3.8) is 0 Å². The van der Waals surface area contributed by atoms with Crippen LogP contribution in [0.4, 0.5) is 0 Å². The van der Waals surface area contributed by atoms with Crippen molar-refractivity contribution in [1.29, 1.82) is 0 Å². The Kier molecular flexibility index (Phi) is 2.99. The van der Waals surface area contributed by atoms with Crippen LogP contribution in [-0.2, 0) is 0 Å². The highest BCUT2D eigenvalue weighted by atomic mass is 35.5. The van der Waals surface area contributed by atoms with Gasteiger partial charge in [-0.25, -0.2) is 0 Å². The van der Waals surface area contributed by atoms with Crippen molar-refractivity contribution in [2.24, 2.45) is 0 Å². The molecule has 0 aliphatic rings. The summed E-state index contributed by atoms with van der Waals surface area (Å²) in [5, 5.41) is 1.38. The molecule has 11 heavy (non-hydrogen) atoms. The molecule has 0 saturated carbocycles. The Labute approximate surface area is 79.9 Å². The van der Waals surface area contributed by atoms with Crippen LogP contribution in [0, 0.1) is 0 Å². The highest BCUT2D eigenvalue weighted by Crippen LogP contribution is 2.25. The average molecular weight is 202 g/mol. The summed E-state index contributed by atoms with van der Waals surface area (Å²) >= 11 is 11.6. The van der Waals surface area contributed by atoms with Gasteiger partial charge < -0.3 is 0 Å². The van der Waals surface area contributed by atoms with Crippen molar-refractivity contribution < 1.29 is 0 Å². The Bertz CT molecular complexity index is 258. The first kappa shape index (κ1) is 9.11. The van der Waals surface area contributed by atoms with E-state index in [0.29, 0.717) is 10.0 Å². The number of rotatable bonds is 1. The second-order valence-corrected chi connectivity index (χ2v) is 4.10. The molecule has 0 saturated heterocycles. The van der Waals surface area contributed by atoms with E-state index >= 15 is 0 Å². The van der Waals surface area contributed by atoms with Crippen LogP contribution in [0.5, 0.6) is 0 Å². The van der Waals surface area contributed by atoms with Crippen LogP contribution >= 0.6 is 23.2 Å². The third-order valence-corrected chi connectivity index (χ3v) is 2.30. The molecule has 0 spiro atoms. The molecule has 1 aromatic rings. The molecule has 0 aromatic heterocycles. The fraction of sp³-hybridized carbons (Fsp3) is 0.250. The lowest BCUT2D eigenvalue weighted by Crippen LogP contribution is -1.92. The van der Waals surface area contributed by atoms with E-state index in [4.69, 9.17) is 23.2 Å². The second-order valence-electron chi connectivity index (χ2n) is 2.39. The summed E-state index contributed by atoms with van der Waals surface area (Å²) in [5.74, 6) is 0. The van der Waals surface area contributed by atoms with E-state index in [0.717, 1.165) is 5.56 Å². The van der Waals surface area contributed by atoms with Gasteiger partial charge in [-0.2, -0.15) is 0 Å². The Balaban J connectivity index is 3.09. The van der Waals surface area contributed by atoms with E-state index in [2.05, 4.69) is 10.2 Å². The predicted octanol–water partition coefficient (Wildman–Crippen LogP) is 3.22. The molecule has 0 aliphatic heterocycles. The Hall–Kier alpha value is 0.0169. The van der Waals surface area contributed by atoms with Gasteiger partial charge >= 0.3 is 0 Å². The third kappa shape index (κ3) is 2.22. The van der Waals surface area contributed by atoms with Crippen molar-refractivity contribution in [2.45, 2.75) is 12.5 Å². The zero-order valence-electron chi connectivity index (χ0n) is 6.07. The van der Waals surface area contributed by atoms with E-state index in [1.54, 1.807) is 6.07 Å². The molecule has 1 unspecified atom stereocenters. The van der Waals surface area contributed by atoms with E-state index in [1.165, 1.54) is 0 Å². The Morgan fingerprint density at radius 1 is 1.36 bits per heavy atom. The molecule has 0 heterocycles. The van der Waals surface area contributed by atoms with Gasteiger partial charge in [-0.05, 0) is 23.2 Å². The first-order valence-corrected chi connectivity index (χ1v) is 4.60. The number of benzene rings is 1. The minimum atomic E-state index is 0.264. The predicted molar refractivity (Wildman–Crippen MR) is 50.6 cm³/mol. The molecular formula is C8H7Cl2Si. The molecule has 1 atom stereocenters. The molecule has 0 nitrogen and oxygen atoms in total. The fourth-order valence-electron chi connectivity index (χ4n) is 0.853. The first-order chi connectivity index (χ1) is 5.11. The van der Waals surface area contributed by atoms with Crippen molar-refractivity contribution >= 4 is 33.4 Å². The monoisotopic (exact) mass is 201 g/mol. The fourth-order valence-corrected chi connectivity index (χ4v) is 1.77. The van der Waals surface area contributed by atoms with Crippen LogP contribution in [0.25, 0.3) is 0 Å². The van der Waals surface area contributed by atoms with E-state index in [-0.39, 0.29) is 5.54 Å². The standard InChI is InChI=1S/C8H7Cl2Si/c1-5(11)7-3-2-6(9)4-8(7)10/h2-5H,1H3. The molecule has 1 rings (SSSR count). The summed E-state index contributed by atoms with van der Waals surface area (Å²) in [5.41, 5.74) is 1.33. The Morgan fingerprint density at radius 3 is 2.45 bits per heavy atom. The van der Waals surface area contributed by atoms with Crippen LogP contribution < -0.4 is 0 Å². The van der Waals surface area contributed by atoms with Crippen LogP contribution in [-0.4, -0.2) is 10.2 Å². The normalized spacial score (nSPS) is 13.1.